The Morgan fingerprint density at radius 3 is 2.53 bits per heavy atom. The van der Waals surface area contributed by atoms with Crippen LogP contribution >= 0.6 is 11.8 Å². The second kappa shape index (κ2) is 10.1. The van der Waals surface area contributed by atoms with E-state index in [0.29, 0.717) is 6.54 Å². The number of anilines is 1. The number of hydrogen-bond acceptors (Lipinski definition) is 5. The molecule has 9 heteroatoms. The number of rotatable bonds is 8. The Labute approximate surface area is 181 Å². The van der Waals surface area contributed by atoms with Crippen molar-refractivity contribution in [2.24, 2.45) is 0 Å². The number of hydrogen-bond donors (Lipinski definition) is 2. The Bertz CT molecular complexity index is 1010. The van der Waals surface area contributed by atoms with Crippen molar-refractivity contribution in [2.75, 3.05) is 30.3 Å². The molecule has 7 nitrogen and oxygen atoms in total. The zero-order chi connectivity index (χ0) is 21.6. The van der Waals surface area contributed by atoms with Crippen LogP contribution in [0.3, 0.4) is 0 Å². The second-order valence-corrected chi connectivity index (χ2v) is 9.83. The van der Waals surface area contributed by atoms with Crippen molar-refractivity contribution in [3.63, 3.8) is 0 Å². The summed E-state index contributed by atoms with van der Waals surface area (Å²) in [5.41, 5.74) is 1.87. The summed E-state index contributed by atoms with van der Waals surface area (Å²) in [5.74, 6) is 0.464. The van der Waals surface area contributed by atoms with Crippen LogP contribution in [0.1, 0.15) is 18.4 Å². The summed E-state index contributed by atoms with van der Waals surface area (Å²) in [5, 5.41) is 2.65. The number of benzene rings is 2. The third-order valence-electron chi connectivity index (χ3n) is 4.67. The van der Waals surface area contributed by atoms with Gasteiger partial charge >= 0.3 is 0 Å². The SMILES string of the molecule is Cc1ccc(S(=O)(=O)NCCNC(=O)CCC(=O)N2CCSc3ccccc32)cc1. The van der Waals surface area contributed by atoms with E-state index in [-0.39, 0.29) is 42.6 Å². The van der Waals surface area contributed by atoms with Crippen molar-refractivity contribution in [1.29, 1.82) is 0 Å². The molecule has 0 saturated carbocycles. The fourth-order valence-electron chi connectivity index (χ4n) is 3.06. The predicted molar refractivity (Wildman–Crippen MR) is 118 cm³/mol. The molecule has 1 heterocycles. The fraction of sp³-hybridized carbons (Fsp3) is 0.333. The summed E-state index contributed by atoms with van der Waals surface area (Å²) in [6, 6.07) is 14.3. The Hall–Kier alpha value is -2.36. The first-order valence-electron chi connectivity index (χ1n) is 9.72. The van der Waals surface area contributed by atoms with E-state index in [0.717, 1.165) is 21.9 Å². The van der Waals surface area contributed by atoms with Crippen LogP contribution < -0.4 is 14.9 Å². The van der Waals surface area contributed by atoms with Gasteiger partial charge in [-0.05, 0) is 31.2 Å². The lowest BCUT2D eigenvalue weighted by atomic mass is 10.2. The Morgan fingerprint density at radius 2 is 1.77 bits per heavy atom. The van der Waals surface area contributed by atoms with Crippen molar-refractivity contribution >= 4 is 39.3 Å². The van der Waals surface area contributed by atoms with Crippen LogP contribution in [-0.2, 0) is 19.6 Å². The third kappa shape index (κ3) is 5.84. The number of nitrogens with zero attached hydrogens (tertiary/aromatic N) is 1. The molecule has 0 spiro atoms. The number of carbonyl (C=O) groups excluding carboxylic acids is 2. The molecule has 2 N–H and O–H groups in total. The zero-order valence-electron chi connectivity index (χ0n) is 16.8. The minimum Gasteiger partial charge on any atom is -0.355 e. The van der Waals surface area contributed by atoms with Gasteiger partial charge < -0.3 is 10.2 Å². The minimum absolute atomic E-state index is 0.0648. The molecular formula is C21H25N3O4S2. The van der Waals surface area contributed by atoms with Gasteiger partial charge in [0.05, 0.1) is 10.6 Å². The number of amides is 2. The van der Waals surface area contributed by atoms with Crippen LogP contribution in [0, 0.1) is 6.92 Å². The van der Waals surface area contributed by atoms with Crippen LogP contribution in [0.25, 0.3) is 0 Å². The highest BCUT2D eigenvalue weighted by Crippen LogP contribution is 2.34. The summed E-state index contributed by atoms with van der Waals surface area (Å²) < 4.78 is 26.9. The number of sulfonamides is 1. The molecule has 0 aliphatic carbocycles. The highest BCUT2D eigenvalue weighted by molar-refractivity contribution is 7.99. The molecule has 0 fully saturated rings. The lowest BCUT2D eigenvalue weighted by Crippen LogP contribution is -2.37. The van der Waals surface area contributed by atoms with Gasteiger partial charge in [-0.3, -0.25) is 9.59 Å². The molecule has 30 heavy (non-hydrogen) atoms. The van der Waals surface area contributed by atoms with Gasteiger partial charge in [-0.2, -0.15) is 0 Å². The lowest BCUT2D eigenvalue weighted by molar-refractivity contribution is -0.125. The zero-order valence-corrected chi connectivity index (χ0v) is 18.4. The van der Waals surface area contributed by atoms with E-state index in [2.05, 4.69) is 10.0 Å². The van der Waals surface area contributed by atoms with Crippen LogP contribution in [0.2, 0.25) is 0 Å². The number of fused-ring (bicyclic) bond motifs is 1. The van der Waals surface area contributed by atoms with E-state index in [4.69, 9.17) is 0 Å². The normalized spacial score (nSPS) is 13.6. The average Bonchev–Trinajstić information content (AvgIpc) is 2.75. The van der Waals surface area contributed by atoms with E-state index in [1.807, 2.05) is 31.2 Å². The third-order valence-corrected chi connectivity index (χ3v) is 7.19. The second-order valence-electron chi connectivity index (χ2n) is 6.92. The molecule has 160 valence electrons. The fourth-order valence-corrected chi connectivity index (χ4v) is 5.09. The van der Waals surface area contributed by atoms with Crippen LogP contribution in [-0.4, -0.2) is 45.6 Å². The lowest BCUT2D eigenvalue weighted by Gasteiger charge is -2.29. The van der Waals surface area contributed by atoms with Crippen LogP contribution in [0.5, 0.6) is 0 Å². The van der Waals surface area contributed by atoms with Gasteiger partial charge in [0.1, 0.15) is 0 Å². The molecule has 2 aromatic carbocycles. The molecule has 0 radical (unpaired) electrons. The summed E-state index contributed by atoms with van der Waals surface area (Å²) in [6.45, 7) is 2.74. The first-order valence-corrected chi connectivity index (χ1v) is 12.2. The molecule has 1 aliphatic heterocycles. The Balaban J connectivity index is 1.40. The number of nitrogens with one attached hydrogen (secondary N) is 2. The molecule has 0 atom stereocenters. The molecule has 2 amide bonds. The molecule has 0 unspecified atom stereocenters. The highest BCUT2D eigenvalue weighted by atomic mass is 32.2. The summed E-state index contributed by atoms with van der Waals surface area (Å²) in [6.07, 6.45) is 0.176. The number of aryl methyl sites for hydroxylation is 1. The number of thioether (sulfide) groups is 1. The summed E-state index contributed by atoms with van der Waals surface area (Å²) >= 11 is 1.72. The maximum Gasteiger partial charge on any atom is 0.240 e. The van der Waals surface area contributed by atoms with E-state index >= 15 is 0 Å². The maximum absolute atomic E-state index is 12.6. The van der Waals surface area contributed by atoms with Gasteiger partial charge in [0, 0.05) is 43.1 Å². The molecule has 0 saturated heterocycles. The van der Waals surface area contributed by atoms with Crippen molar-refractivity contribution < 1.29 is 18.0 Å². The minimum atomic E-state index is -3.61. The molecule has 2 aromatic rings. The molecule has 1 aliphatic rings. The first kappa shape index (κ1) is 22.3. The van der Waals surface area contributed by atoms with E-state index in [9.17, 15) is 18.0 Å². The van der Waals surface area contributed by atoms with Gasteiger partial charge in [-0.1, -0.05) is 29.8 Å². The van der Waals surface area contributed by atoms with Crippen molar-refractivity contribution in [3.8, 4) is 0 Å². The highest BCUT2D eigenvalue weighted by Gasteiger charge is 2.22. The Kier molecular flexibility index (Phi) is 7.52. The van der Waals surface area contributed by atoms with Crippen molar-refractivity contribution in [2.45, 2.75) is 29.6 Å². The number of para-hydroxylation sites is 1. The average molecular weight is 448 g/mol. The van der Waals surface area contributed by atoms with Gasteiger partial charge in [-0.25, -0.2) is 13.1 Å². The van der Waals surface area contributed by atoms with E-state index < -0.39 is 10.0 Å². The maximum atomic E-state index is 12.6. The molecule has 0 bridgehead atoms. The first-order chi connectivity index (χ1) is 14.4. The molecule has 3 rings (SSSR count). The number of carbonyl (C=O) groups is 2. The van der Waals surface area contributed by atoms with Crippen LogP contribution in [0.4, 0.5) is 5.69 Å². The smallest absolute Gasteiger partial charge is 0.240 e. The van der Waals surface area contributed by atoms with Gasteiger partial charge in [0.25, 0.3) is 0 Å². The Morgan fingerprint density at radius 1 is 1.03 bits per heavy atom. The van der Waals surface area contributed by atoms with E-state index in [1.54, 1.807) is 40.9 Å². The van der Waals surface area contributed by atoms with Crippen LogP contribution in [0.15, 0.2) is 58.3 Å². The topological polar surface area (TPSA) is 95.6 Å². The van der Waals surface area contributed by atoms with Gasteiger partial charge in [-0.15, -0.1) is 11.8 Å². The van der Waals surface area contributed by atoms with Gasteiger partial charge in [0.2, 0.25) is 21.8 Å². The quantitative estimate of drug-likeness (QED) is 0.606. The monoisotopic (exact) mass is 447 g/mol. The van der Waals surface area contributed by atoms with E-state index in [1.165, 1.54) is 0 Å². The molecular weight excluding hydrogens is 422 g/mol. The predicted octanol–water partition coefficient (Wildman–Crippen LogP) is 2.31. The van der Waals surface area contributed by atoms with Gasteiger partial charge in [0.15, 0.2) is 0 Å². The summed E-state index contributed by atoms with van der Waals surface area (Å²) in [4.78, 5) is 27.6. The van der Waals surface area contributed by atoms with Crippen molar-refractivity contribution in [1.82, 2.24) is 10.0 Å². The standard InChI is InChI=1S/C21H25N3O4S2/c1-16-6-8-17(9-7-16)30(27,28)23-13-12-22-20(25)10-11-21(26)24-14-15-29-19-5-3-2-4-18(19)24/h2-9,23H,10-15H2,1H3,(H,22,25). The summed E-state index contributed by atoms with van der Waals surface area (Å²) in [7, 11) is -3.61. The largest absolute Gasteiger partial charge is 0.355 e. The van der Waals surface area contributed by atoms with Crippen molar-refractivity contribution in [3.05, 3.63) is 54.1 Å². The molecule has 0 aromatic heterocycles.